The number of amidine groups is 1. The third kappa shape index (κ3) is 3.31. The summed E-state index contributed by atoms with van der Waals surface area (Å²) in [6, 6.07) is 11.7. The number of likely N-dealkylation sites (N-methyl/N-ethyl adjacent to an activating group) is 1. The van der Waals surface area contributed by atoms with E-state index in [4.69, 9.17) is 11.1 Å². The highest BCUT2D eigenvalue weighted by Gasteiger charge is 2.08. The lowest BCUT2D eigenvalue weighted by atomic mass is 10.1. The van der Waals surface area contributed by atoms with E-state index in [0.717, 1.165) is 24.2 Å². The van der Waals surface area contributed by atoms with Crippen molar-refractivity contribution in [1.82, 2.24) is 4.98 Å². The molecule has 0 radical (unpaired) electrons. The fraction of sp³-hybridized carbons (Fsp3) is 0.200. The number of rotatable bonds is 5. The van der Waals surface area contributed by atoms with Gasteiger partial charge in [-0.05, 0) is 30.2 Å². The molecule has 0 aliphatic heterocycles. The summed E-state index contributed by atoms with van der Waals surface area (Å²) in [5.41, 5.74) is 8.57. The number of anilines is 1. The molecule has 4 nitrogen and oxygen atoms in total. The number of hydrogen-bond acceptors (Lipinski definition) is 3. The summed E-state index contributed by atoms with van der Waals surface area (Å²) in [5, 5.41) is 7.61. The minimum absolute atomic E-state index is 0.101. The average Bonchev–Trinajstić information content (AvgIpc) is 2.46. The molecule has 1 heterocycles. The molecule has 0 spiro atoms. The van der Waals surface area contributed by atoms with E-state index >= 15 is 0 Å². The Bertz CT molecular complexity index is 551. The lowest BCUT2D eigenvalue weighted by Crippen LogP contribution is -2.24. The monoisotopic (exact) mass is 254 g/mol. The molecule has 0 atom stereocenters. The van der Waals surface area contributed by atoms with E-state index in [1.54, 1.807) is 6.20 Å². The molecule has 0 unspecified atom stereocenters. The molecule has 4 heteroatoms. The van der Waals surface area contributed by atoms with Gasteiger partial charge in [-0.3, -0.25) is 10.4 Å². The van der Waals surface area contributed by atoms with Gasteiger partial charge in [-0.25, -0.2) is 0 Å². The molecule has 98 valence electrons. The molecule has 0 saturated carbocycles. The number of hydrogen-bond donors (Lipinski definition) is 2. The Morgan fingerprint density at radius 2 is 2.05 bits per heavy atom. The molecule has 3 N–H and O–H groups in total. The number of benzene rings is 1. The second-order valence-electron chi connectivity index (χ2n) is 4.46. The minimum Gasteiger partial charge on any atom is -0.384 e. The van der Waals surface area contributed by atoms with E-state index in [0.29, 0.717) is 0 Å². The SMILES string of the molecule is CN(CCc1cccnc1)c1ccccc1C(=N)N. The smallest absolute Gasteiger partial charge is 0.124 e. The predicted molar refractivity (Wildman–Crippen MR) is 78.7 cm³/mol. The molecule has 2 aromatic rings. The zero-order chi connectivity index (χ0) is 13.7. The van der Waals surface area contributed by atoms with E-state index in [1.165, 1.54) is 5.56 Å². The normalized spacial score (nSPS) is 10.2. The lowest BCUT2D eigenvalue weighted by molar-refractivity contribution is 0.871. The molecular formula is C15H18N4. The Hall–Kier alpha value is -2.36. The summed E-state index contributed by atoms with van der Waals surface area (Å²) in [6.07, 6.45) is 4.57. The molecule has 0 aliphatic carbocycles. The summed E-state index contributed by atoms with van der Waals surface area (Å²) in [6.45, 7) is 0.857. The number of nitrogens with zero attached hydrogens (tertiary/aromatic N) is 2. The van der Waals surface area contributed by atoms with Crippen LogP contribution in [0.2, 0.25) is 0 Å². The summed E-state index contributed by atoms with van der Waals surface area (Å²) < 4.78 is 0. The van der Waals surface area contributed by atoms with Gasteiger partial charge in [0, 0.05) is 37.2 Å². The van der Waals surface area contributed by atoms with Crippen LogP contribution in [0.1, 0.15) is 11.1 Å². The van der Waals surface area contributed by atoms with E-state index in [2.05, 4.69) is 16.0 Å². The van der Waals surface area contributed by atoms with Crippen LogP contribution in [-0.4, -0.2) is 24.4 Å². The van der Waals surface area contributed by atoms with Crippen molar-refractivity contribution in [3.63, 3.8) is 0 Å². The topological polar surface area (TPSA) is 66.0 Å². The second kappa shape index (κ2) is 6.00. The number of pyridine rings is 1. The Balaban J connectivity index is 2.08. The summed E-state index contributed by atoms with van der Waals surface area (Å²) in [5.74, 6) is 0.101. The lowest BCUT2D eigenvalue weighted by Gasteiger charge is -2.22. The molecule has 0 saturated heterocycles. The number of para-hydroxylation sites is 1. The van der Waals surface area contributed by atoms with E-state index in [9.17, 15) is 0 Å². The Morgan fingerprint density at radius 1 is 1.26 bits per heavy atom. The first-order chi connectivity index (χ1) is 9.18. The van der Waals surface area contributed by atoms with E-state index in [1.807, 2.05) is 43.6 Å². The van der Waals surface area contributed by atoms with Gasteiger partial charge in [-0.1, -0.05) is 18.2 Å². The molecule has 19 heavy (non-hydrogen) atoms. The van der Waals surface area contributed by atoms with Crippen molar-refractivity contribution in [2.24, 2.45) is 5.73 Å². The van der Waals surface area contributed by atoms with Crippen molar-refractivity contribution in [3.05, 3.63) is 59.9 Å². The first-order valence-electron chi connectivity index (χ1n) is 6.22. The van der Waals surface area contributed by atoms with Crippen molar-refractivity contribution in [3.8, 4) is 0 Å². The third-order valence-corrected chi connectivity index (χ3v) is 3.06. The quantitative estimate of drug-likeness (QED) is 0.634. The molecular weight excluding hydrogens is 236 g/mol. The molecule has 0 bridgehead atoms. The Labute approximate surface area is 113 Å². The van der Waals surface area contributed by atoms with Crippen LogP contribution in [0.25, 0.3) is 0 Å². The Morgan fingerprint density at radius 3 is 2.74 bits per heavy atom. The number of aromatic nitrogens is 1. The fourth-order valence-electron chi connectivity index (χ4n) is 2.00. The summed E-state index contributed by atoms with van der Waals surface area (Å²) in [4.78, 5) is 6.22. The number of nitrogens with two attached hydrogens (primary N) is 1. The maximum atomic E-state index is 7.61. The van der Waals surface area contributed by atoms with Crippen molar-refractivity contribution in [2.45, 2.75) is 6.42 Å². The Kier molecular flexibility index (Phi) is 4.13. The van der Waals surface area contributed by atoms with Crippen LogP contribution in [0.15, 0.2) is 48.8 Å². The maximum Gasteiger partial charge on any atom is 0.124 e. The average molecular weight is 254 g/mol. The van der Waals surface area contributed by atoms with Crippen molar-refractivity contribution >= 4 is 11.5 Å². The molecule has 2 rings (SSSR count). The highest BCUT2D eigenvalue weighted by molar-refractivity contribution is 6.00. The van der Waals surface area contributed by atoms with Crippen LogP contribution in [0, 0.1) is 5.41 Å². The van der Waals surface area contributed by atoms with Crippen molar-refractivity contribution in [2.75, 3.05) is 18.5 Å². The van der Waals surface area contributed by atoms with E-state index in [-0.39, 0.29) is 5.84 Å². The van der Waals surface area contributed by atoms with Crippen LogP contribution in [-0.2, 0) is 6.42 Å². The molecule has 1 aromatic heterocycles. The fourth-order valence-corrected chi connectivity index (χ4v) is 2.00. The largest absolute Gasteiger partial charge is 0.384 e. The summed E-state index contributed by atoms with van der Waals surface area (Å²) in [7, 11) is 2.01. The van der Waals surface area contributed by atoms with Gasteiger partial charge >= 0.3 is 0 Å². The first kappa shape index (κ1) is 13.1. The van der Waals surface area contributed by atoms with Gasteiger partial charge in [0.2, 0.25) is 0 Å². The van der Waals surface area contributed by atoms with Crippen LogP contribution < -0.4 is 10.6 Å². The maximum absolute atomic E-state index is 7.61. The van der Waals surface area contributed by atoms with Gasteiger partial charge in [-0.15, -0.1) is 0 Å². The van der Waals surface area contributed by atoms with Gasteiger partial charge < -0.3 is 10.6 Å². The van der Waals surface area contributed by atoms with E-state index < -0.39 is 0 Å². The van der Waals surface area contributed by atoms with Crippen LogP contribution >= 0.6 is 0 Å². The molecule has 0 fully saturated rings. The second-order valence-corrected chi connectivity index (χ2v) is 4.46. The van der Waals surface area contributed by atoms with Gasteiger partial charge in [-0.2, -0.15) is 0 Å². The van der Waals surface area contributed by atoms with Crippen molar-refractivity contribution in [1.29, 1.82) is 5.41 Å². The highest BCUT2D eigenvalue weighted by atomic mass is 15.1. The molecule has 0 amide bonds. The van der Waals surface area contributed by atoms with Gasteiger partial charge in [0.05, 0.1) is 0 Å². The standard InChI is InChI=1S/C15H18N4/c1-19(10-8-12-5-4-9-18-11-12)14-7-3-2-6-13(14)15(16)17/h2-7,9,11H,8,10H2,1H3,(H3,16,17). The minimum atomic E-state index is 0.101. The van der Waals surface area contributed by atoms with Crippen LogP contribution in [0.5, 0.6) is 0 Å². The zero-order valence-electron chi connectivity index (χ0n) is 11.0. The number of nitrogens with one attached hydrogen (secondary N) is 1. The molecule has 0 aliphatic rings. The highest BCUT2D eigenvalue weighted by Crippen LogP contribution is 2.18. The van der Waals surface area contributed by atoms with Crippen LogP contribution in [0.3, 0.4) is 0 Å². The van der Waals surface area contributed by atoms with Gasteiger partial charge in [0.15, 0.2) is 0 Å². The third-order valence-electron chi connectivity index (χ3n) is 3.06. The summed E-state index contributed by atoms with van der Waals surface area (Å²) >= 11 is 0. The molecule has 1 aromatic carbocycles. The van der Waals surface area contributed by atoms with Crippen LogP contribution in [0.4, 0.5) is 5.69 Å². The number of nitrogen functional groups attached to an aromatic ring is 1. The predicted octanol–water partition coefficient (Wildman–Crippen LogP) is 2.04. The zero-order valence-corrected chi connectivity index (χ0v) is 11.0. The van der Waals surface area contributed by atoms with Gasteiger partial charge in [0.1, 0.15) is 5.84 Å². The first-order valence-corrected chi connectivity index (χ1v) is 6.22. The van der Waals surface area contributed by atoms with Crippen molar-refractivity contribution < 1.29 is 0 Å². The van der Waals surface area contributed by atoms with Gasteiger partial charge in [0.25, 0.3) is 0 Å².